The van der Waals surface area contributed by atoms with Crippen molar-refractivity contribution in [3.63, 3.8) is 0 Å². The van der Waals surface area contributed by atoms with E-state index in [9.17, 15) is 9.59 Å². The highest BCUT2D eigenvalue weighted by Crippen LogP contribution is 2.20. The fraction of sp³-hybridized carbons (Fsp3) is 0.300. The number of carbonyl (C=O) groups is 1. The highest BCUT2D eigenvalue weighted by molar-refractivity contribution is 5.95. The van der Waals surface area contributed by atoms with E-state index < -0.39 is 0 Å². The molecule has 0 saturated heterocycles. The molecule has 0 spiro atoms. The molecule has 1 amide bonds. The maximum Gasteiger partial charge on any atom is 0.256 e. The van der Waals surface area contributed by atoms with Gasteiger partial charge in [-0.25, -0.2) is 0 Å². The van der Waals surface area contributed by atoms with E-state index in [4.69, 9.17) is 4.52 Å². The molecule has 1 aromatic carbocycles. The van der Waals surface area contributed by atoms with Crippen molar-refractivity contribution in [1.29, 1.82) is 0 Å². The van der Waals surface area contributed by atoms with Gasteiger partial charge in [0, 0.05) is 16.8 Å². The van der Waals surface area contributed by atoms with Crippen LogP contribution in [0.25, 0.3) is 11.1 Å². The monoisotopic (exact) mass is 366 g/mol. The van der Waals surface area contributed by atoms with Gasteiger partial charge in [-0.3, -0.25) is 9.59 Å². The van der Waals surface area contributed by atoms with E-state index in [1.54, 1.807) is 25.1 Å². The van der Waals surface area contributed by atoms with Crippen molar-refractivity contribution in [1.82, 2.24) is 20.4 Å². The lowest BCUT2D eigenvalue weighted by atomic mass is 10.0. The second-order valence-corrected chi connectivity index (χ2v) is 6.52. The van der Waals surface area contributed by atoms with Crippen molar-refractivity contribution in [3.05, 3.63) is 69.2 Å². The zero-order chi connectivity index (χ0) is 19.6. The van der Waals surface area contributed by atoms with Crippen LogP contribution in [0.3, 0.4) is 0 Å². The summed E-state index contributed by atoms with van der Waals surface area (Å²) in [6.45, 7) is 7.44. The van der Waals surface area contributed by atoms with Crippen LogP contribution in [-0.4, -0.2) is 21.0 Å². The summed E-state index contributed by atoms with van der Waals surface area (Å²) in [5.74, 6) is 0.638. The molecule has 2 N–H and O–H groups in total. The van der Waals surface area contributed by atoms with Gasteiger partial charge in [0.15, 0.2) is 5.82 Å². The van der Waals surface area contributed by atoms with Crippen LogP contribution in [0.15, 0.2) is 39.6 Å². The fourth-order valence-corrected chi connectivity index (χ4v) is 2.80. The van der Waals surface area contributed by atoms with Crippen molar-refractivity contribution < 1.29 is 9.32 Å². The molecule has 7 heteroatoms. The number of H-pyrrole nitrogens is 1. The number of benzene rings is 1. The number of aromatic amines is 1. The highest BCUT2D eigenvalue weighted by Gasteiger charge is 2.20. The SMILES string of the molecule is CC[C@H](NC(=O)c1cccc(-c2cc(C)c(C)[nH]c2=O)c1)c1nc(C)no1. The molecule has 0 aliphatic heterocycles. The summed E-state index contributed by atoms with van der Waals surface area (Å²) in [6, 6.07) is 8.46. The molecule has 0 aliphatic rings. The second-order valence-electron chi connectivity index (χ2n) is 6.52. The molecule has 1 atom stereocenters. The normalized spacial score (nSPS) is 12.0. The van der Waals surface area contributed by atoms with Gasteiger partial charge in [-0.05, 0) is 56.5 Å². The molecular weight excluding hydrogens is 344 g/mol. The number of carbonyl (C=O) groups excluding carboxylic acids is 1. The maximum absolute atomic E-state index is 12.7. The number of pyridine rings is 1. The number of nitrogens with one attached hydrogen (secondary N) is 2. The lowest BCUT2D eigenvalue weighted by molar-refractivity contribution is 0.0927. The van der Waals surface area contributed by atoms with Gasteiger partial charge in [-0.1, -0.05) is 24.2 Å². The third-order valence-corrected chi connectivity index (χ3v) is 4.49. The average Bonchev–Trinajstić information content (AvgIpc) is 3.08. The Kier molecular flexibility index (Phi) is 5.21. The largest absolute Gasteiger partial charge is 0.340 e. The fourth-order valence-electron chi connectivity index (χ4n) is 2.80. The van der Waals surface area contributed by atoms with Crippen LogP contribution in [0.1, 0.15) is 52.7 Å². The van der Waals surface area contributed by atoms with E-state index in [2.05, 4.69) is 20.4 Å². The van der Waals surface area contributed by atoms with Crippen molar-refractivity contribution in [2.24, 2.45) is 0 Å². The molecule has 3 rings (SSSR count). The minimum Gasteiger partial charge on any atom is -0.340 e. The van der Waals surface area contributed by atoms with Crippen LogP contribution in [0.4, 0.5) is 0 Å². The molecular formula is C20H22N4O3. The number of hydrogen-bond donors (Lipinski definition) is 2. The summed E-state index contributed by atoms with van der Waals surface area (Å²) >= 11 is 0. The summed E-state index contributed by atoms with van der Waals surface area (Å²) in [5, 5.41) is 6.67. The first kappa shape index (κ1) is 18.6. The third-order valence-electron chi connectivity index (χ3n) is 4.49. The molecule has 0 radical (unpaired) electrons. The standard InChI is InChI=1S/C20H22N4O3/c1-5-17(20-22-13(4)24-27-20)23-18(25)15-8-6-7-14(10-15)16-9-11(2)12(3)21-19(16)26/h6-10,17H,5H2,1-4H3,(H,21,26)(H,23,25)/t17-/m0/s1. The smallest absolute Gasteiger partial charge is 0.256 e. The van der Waals surface area contributed by atoms with Crippen LogP contribution in [0, 0.1) is 20.8 Å². The number of hydrogen-bond acceptors (Lipinski definition) is 5. The Bertz CT molecular complexity index is 1040. The Hall–Kier alpha value is -3.22. The van der Waals surface area contributed by atoms with Gasteiger partial charge in [-0.2, -0.15) is 4.98 Å². The minimum absolute atomic E-state index is 0.177. The summed E-state index contributed by atoms with van der Waals surface area (Å²) in [7, 11) is 0. The van der Waals surface area contributed by atoms with Crippen LogP contribution in [-0.2, 0) is 0 Å². The number of rotatable bonds is 5. The van der Waals surface area contributed by atoms with Gasteiger partial charge in [-0.15, -0.1) is 0 Å². The van der Waals surface area contributed by atoms with E-state index in [0.717, 1.165) is 11.3 Å². The Morgan fingerprint density at radius 1 is 1.26 bits per heavy atom. The molecule has 2 heterocycles. The lowest BCUT2D eigenvalue weighted by Crippen LogP contribution is -2.28. The van der Waals surface area contributed by atoms with Crippen molar-refractivity contribution >= 4 is 5.91 Å². The predicted octanol–water partition coefficient (Wildman–Crippen LogP) is 3.23. The van der Waals surface area contributed by atoms with E-state index in [1.807, 2.05) is 32.9 Å². The summed E-state index contributed by atoms with van der Waals surface area (Å²) in [6.07, 6.45) is 0.615. The first-order valence-corrected chi connectivity index (χ1v) is 8.81. The van der Waals surface area contributed by atoms with Crippen molar-refractivity contribution in [2.75, 3.05) is 0 Å². The van der Waals surface area contributed by atoms with Gasteiger partial charge in [0.25, 0.3) is 11.5 Å². The molecule has 7 nitrogen and oxygen atoms in total. The Labute approximate surface area is 156 Å². The maximum atomic E-state index is 12.7. The molecule has 140 valence electrons. The molecule has 0 fully saturated rings. The van der Waals surface area contributed by atoms with Crippen LogP contribution in [0.2, 0.25) is 0 Å². The number of aryl methyl sites for hydroxylation is 3. The predicted molar refractivity (Wildman–Crippen MR) is 102 cm³/mol. The zero-order valence-electron chi connectivity index (χ0n) is 15.8. The summed E-state index contributed by atoms with van der Waals surface area (Å²) in [5.41, 5.74) is 3.32. The first-order valence-electron chi connectivity index (χ1n) is 8.81. The van der Waals surface area contributed by atoms with Gasteiger partial charge in [0.1, 0.15) is 6.04 Å². The van der Waals surface area contributed by atoms with Crippen LogP contribution in [0.5, 0.6) is 0 Å². The zero-order valence-corrected chi connectivity index (χ0v) is 15.8. The van der Waals surface area contributed by atoms with Gasteiger partial charge in [0.2, 0.25) is 5.89 Å². The van der Waals surface area contributed by atoms with Crippen LogP contribution >= 0.6 is 0 Å². The molecule has 0 unspecified atom stereocenters. The molecule has 0 aliphatic carbocycles. The van der Waals surface area contributed by atoms with Crippen molar-refractivity contribution in [3.8, 4) is 11.1 Å². The molecule has 2 aromatic heterocycles. The average molecular weight is 366 g/mol. The molecule has 0 saturated carbocycles. The lowest BCUT2D eigenvalue weighted by Gasteiger charge is -2.13. The first-order chi connectivity index (χ1) is 12.9. The van der Waals surface area contributed by atoms with E-state index in [1.165, 1.54) is 0 Å². The Morgan fingerprint density at radius 3 is 2.70 bits per heavy atom. The van der Waals surface area contributed by atoms with E-state index in [0.29, 0.717) is 34.8 Å². The number of nitrogens with zero attached hydrogens (tertiary/aromatic N) is 2. The van der Waals surface area contributed by atoms with Gasteiger partial charge < -0.3 is 14.8 Å². The molecule has 3 aromatic rings. The molecule has 0 bridgehead atoms. The third kappa shape index (κ3) is 3.97. The Balaban J connectivity index is 1.88. The summed E-state index contributed by atoms with van der Waals surface area (Å²) < 4.78 is 5.17. The highest BCUT2D eigenvalue weighted by atomic mass is 16.5. The van der Waals surface area contributed by atoms with E-state index >= 15 is 0 Å². The Morgan fingerprint density at radius 2 is 2.04 bits per heavy atom. The molecule has 27 heavy (non-hydrogen) atoms. The second kappa shape index (κ2) is 7.57. The van der Waals surface area contributed by atoms with Gasteiger partial charge in [0.05, 0.1) is 0 Å². The van der Waals surface area contributed by atoms with E-state index in [-0.39, 0.29) is 17.5 Å². The quantitative estimate of drug-likeness (QED) is 0.722. The van der Waals surface area contributed by atoms with Crippen molar-refractivity contribution in [2.45, 2.75) is 40.2 Å². The number of aromatic nitrogens is 3. The minimum atomic E-state index is -0.368. The number of amides is 1. The topological polar surface area (TPSA) is 101 Å². The summed E-state index contributed by atoms with van der Waals surface area (Å²) in [4.78, 5) is 32.0. The van der Waals surface area contributed by atoms with Crippen LogP contribution < -0.4 is 10.9 Å². The van der Waals surface area contributed by atoms with Gasteiger partial charge >= 0.3 is 0 Å².